The lowest BCUT2D eigenvalue weighted by Crippen LogP contribution is -2.61. The van der Waals surface area contributed by atoms with E-state index in [0.29, 0.717) is 29.9 Å². The van der Waals surface area contributed by atoms with Crippen LogP contribution in [-0.4, -0.2) is 69.5 Å². The number of pyridine rings is 1. The fourth-order valence-corrected chi connectivity index (χ4v) is 8.54. The Morgan fingerprint density at radius 2 is 1.97 bits per heavy atom. The first-order chi connectivity index (χ1) is 16.8. The number of hydrogen-bond acceptors (Lipinski definition) is 6. The Hall–Kier alpha value is -1.80. The second kappa shape index (κ2) is 9.92. The van der Waals surface area contributed by atoms with Crippen LogP contribution in [0.4, 0.5) is 5.82 Å². The van der Waals surface area contributed by atoms with Gasteiger partial charge >= 0.3 is 5.97 Å². The van der Waals surface area contributed by atoms with E-state index in [4.69, 9.17) is 4.98 Å². The molecule has 6 rings (SSSR count). The maximum atomic E-state index is 13.8. The Bertz CT molecular complexity index is 956. The number of amides is 1. The van der Waals surface area contributed by atoms with Gasteiger partial charge in [-0.25, -0.2) is 4.98 Å². The molecule has 4 saturated carbocycles. The lowest BCUT2D eigenvalue weighted by atomic mass is 9.52. The average Bonchev–Trinajstić information content (AvgIpc) is 2.80. The number of hydrogen-bond donors (Lipinski definition) is 2. The van der Waals surface area contributed by atoms with Crippen LogP contribution in [0.2, 0.25) is 0 Å². The van der Waals surface area contributed by atoms with Gasteiger partial charge in [-0.2, -0.15) is 0 Å². The third-order valence-corrected chi connectivity index (χ3v) is 9.98. The minimum absolute atomic E-state index is 0.0366. The van der Waals surface area contributed by atoms with Crippen molar-refractivity contribution >= 4 is 29.5 Å². The highest BCUT2D eigenvalue weighted by atomic mass is 32.2. The highest BCUT2D eigenvalue weighted by Gasteiger charge is 2.56. The summed E-state index contributed by atoms with van der Waals surface area (Å²) in [6.45, 7) is 3.69. The number of carboxylic acid groups (broad SMARTS) is 1. The third-order valence-electron chi connectivity index (χ3n) is 8.78. The number of rotatable bonds is 8. The highest BCUT2D eigenvalue weighted by molar-refractivity contribution is 7.99. The lowest BCUT2D eigenvalue weighted by molar-refractivity contribution is -0.152. The van der Waals surface area contributed by atoms with E-state index < -0.39 is 11.6 Å². The van der Waals surface area contributed by atoms with Gasteiger partial charge in [0.05, 0.1) is 11.2 Å². The van der Waals surface area contributed by atoms with Crippen LogP contribution >= 0.6 is 11.8 Å². The predicted molar refractivity (Wildman–Crippen MR) is 137 cm³/mol. The van der Waals surface area contributed by atoms with Crippen molar-refractivity contribution in [3.63, 3.8) is 0 Å². The molecule has 1 aromatic rings. The normalized spacial score (nSPS) is 33.7. The summed E-state index contributed by atoms with van der Waals surface area (Å²) in [6, 6.07) is 4.07. The van der Waals surface area contributed by atoms with Crippen LogP contribution < -0.4 is 4.90 Å². The van der Waals surface area contributed by atoms with Crippen LogP contribution in [0.15, 0.2) is 17.2 Å². The summed E-state index contributed by atoms with van der Waals surface area (Å²) in [5, 5.41) is 21.0. The number of anilines is 1. The molecule has 5 aliphatic rings. The zero-order chi connectivity index (χ0) is 24.7. The summed E-state index contributed by atoms with van der Waals surface area (Å²) >= 11 is 1.64. The van der Waals surface area contributed by atoms with E-state index >= 15 is 0 Å². The zero-order valence-electron chi connectivity index (χ0n) is 21.0. The van der Waals surface area contributed by atoms with Crippen molar-refractivity contribution in [2.75, 3.05) is 30.8 Å². The first kappa shape index (κ1) is 24.9. The number of nitrogens with zero attached hydrogens (tertiary/aromatic N) is 3. The molecule has 1 aromatic heterocycles. The molecule has 2 N–H and O–H groups in total. The van der Waals surface area contributed by atoms with Crippen molar-refractivity contribution in [1.29, 1.82) is 0 Å². The topological polar surface area (TPSA) is 94.0 Å². The molecule has 1 amide bonds. The number of carbonyl (C=O) groups excluding carboxylic acids is 1. The molecule has 4 bridgehead atoms. The standard InChI is InChI=1S/C27H39N3O4S/c1-3-9-35-25-21(6-7-22(28-25)30-8-4-5-17(16-30)12-23(31)32)26(33)29(2)24-19-10-18-11-20(24)15-27(34,13-18)14-19/h6-7,17-20,24,34H,3-5,8-16H2,1-2H3,(H,31,32)/t17-,18?,19?,20?,24-,27-/m0/s1. The van der Waals surface area contributed by atoms with Gasteiger partial charge in [0.15, 0.2) is 0 Å². The van der Waals surface area contributed by atoms with E-state index in [9.17, 15) is 19.8 Å². The second-order valence-corrected chi connectivity index (χ2v) is 12.6. The molecule has 1 saturated heterocycles. The van der Waals surface area contributed by atoms with Crippen molar-refractivity contribution in [3.05, 3.63) is 17.7 Å². The molecule has 0 aromatic carbocycles. The van der Waals surface area contributed by atoms with Gasteiger partial charge in [0, 0.05) is 32.6 Å². The monoisotopic (exact) mass is 501 g/mol. The van der Waals surface area contributed by atoms with Gasteiger partial charge in [-0.1, -0.05) is 6.92 Å². The number of aromatic nitrogens is 1. The number of carboxylic acids is 1. The number of piperidine rings is 1. The van der Waals surface area contributed by atoms with Crippen LogP contribution in [-0.2, 0) is 4.79 Å². The van der Waals surface area contributed by atoms with E-state index in [0.717, 1.165) is 74.5 Å². The fourth-order valence-electron chi connectivity index (χ4n) is 7.68. The number of aliphatic hydroxyl groups is 1. The van der Waals surface area contributed by atoms with Crippen LogP contribution in [0.1, 0.15) is 75.1 Å². The van der Waals surface area contributed by atoms with E-state index in [1.165, 1.54) is 0 Å². The molecule has 1 aliphatic heterocycles. The molecule has 0 radical (unpaired) electrons. The van der Waals surface area contributed by atoms with Crippen molar-refractivity contribution in [2.45, 2.75) is 81.4 Å². The highest BCUT2D eigenvalue weighted by Crippen LogP contribution is 2.57. The molecule has 3 atom stereocenters. The van der Waals surface area contributed by atoms with Crippen molar-refractivity contribution in [2.24, 2.45) is 23.7 Å². The molecular weight excluding hydrogens is 462 g/mol. The van der Waals surface area contributed by atoms with E-state index in [1.54, 1.807) is 11.8 Å². The summed E-state index contributed by atoms with van der Waals surface area (Å²) in [6.07, 6.45) is 7.92. The Balaban J connectivity index is 1.36. The van der Waals surface area contributed by atoms with E-state index in [2.05, 4.69) is 11.8 Å². The number of aliphatic carboxylic acids is 1. The van der Waals surface area contributed by atoms with Gasteiger partial charge in [0.1, 0.15) is 10.8 Å². The zero-order valence-corrected chi connectivity index (χ0v) is 21.8. The largest absolute Gasteiger partial charge is 0.481 e. The summed E-state index contributed by atoms with van der Waals surface area (Å²) in [4.78, 5) is 34.1. The number of carbonyl (C=O) groups is 2. The van der Waals surface area contributed by atoms with Crippen LogP contribution in [0.5, 0.6) is 0 Å². The van der Waals surface area contributed by atoms with Gasteiger partial charge in [-0.05, 0) is 92.9 Å². The van der Waals surface area contributed by atoms with Gasteiger partial charge in [-0.3, -0.25) is 9.59 Å². The molecule has 8 heteroatoms. The Morgan fingerprint density at radius 3 is 2.63 bits per heavy atom. The smallest absolute Gasteiger partial charge is 0.303 e. The maximum absolute atomic E-state index is 13.8. The maximum Gasteiger partial charge on any atom is 0.303 e. The molecule has 2 heterocycles. The SMILES string of the molecule is CCCSc1nc(N2CCC[C@@H](CC(=O)O)C2)ccc1C(=O)N(C)[C@H]1C2CC3CC1C[C@](O)(C3)C2. The van der Waals surface area contributed by atoms with Crippen molar-refractivity contribution in [3.8, 4) is 0 Å². The Kier molecular flexibility index (Phi) is 7.05. The Labute approximate surface area is 212 Å². The minimum Gasteiger partial charge on any atom is -0.481 e. The minimum atomic E-state index is -0.745. The third kappa shape index (κ3) is 5.06. The van der Waals surface area contributed by atoms with Gasteiger partial charge in [0.25, 0.3) is 5.91 Å². The summed E-state index contributed by atoms with van der Waals surface area (Å²) < 4.78 is 0. The summed E-state index contributed by atoms with van der Waals surface area (Å²) in [5.41, 5.74) is 0.163. The molecule has 2 unspecified atom stereocenters. The van der Waals surface area contributed by atoms with Crippen molar-refractivity contribution < 1.29 is 19.8 Å². The molecular formula is C27H39N3O4S. The van der Waals surface area contributed by atoms with Gasteiger partial charge < -0.3 is 20.0 Å². The molecule has 7 nitrogen and oxygen atoms in total. The summed E-state index contributed by atoms with van der Waals surface area (Å²) in [5.74, 6) is 2.55. The predicted octanol–water partition coefficient (Wildman–Crippen LogP) is 4.29. The first-order valence-electron chi connectivity index (χ1n) is 13.4. The van der Waals surface area contributed by atoms with E-state index in [-0.39, 0.29) is 24.3 Å². The molecule has 5 fully saturated rings. The average molecular weight is 502 g/mol. The lowest BCUT2D eigenvalue weighted by Gasteiger charge is -2.59. The summed E-state index contributed by atoms with van der Waals surface area (Å²) in [7, 11) is 1.95. The van der Waals surface area contributed by atoms with Crippen LogP contribution in [0, 0.1) is 23.7 Å². The van der Waals surface area contributed by atoms with Crippen LogP contribution in [0.25, 0.3) is 0 Å². The number of thioether (sulfide) groups is 1. The van der Waals surface area contributed by atoms with Crippen molar-refractivity contribution in [1.82, 2.24) is 9.88 Å². The van der Waals surface area contributed by atoms with E-state index in [1.807, 2.05) is 24.1 Å². The first-order valence-corrected chi connectivity index (χ1v) is 14.3. The Morgan fingerprint density at radius 1 is 1.23 bits per heavy atom. The molecule has 0 spiro atoms. The molecule has 192 valence electrons. The van der Waals surface area contributed by atoms with Gasteiger partial charge in [0.2, 0.25) is 0 Å². The van der Waals surface area contributed by atoms with Gasteiger partial charge in [-0.15, -0.1) is 11.8 Å². The second-order valence-electron chi connectivity index (χ2n) is 11.5. The molecule has 4 aliphatic carbocycles. The quantitative estimate of drug-likeness (QED) is 0.513. The molecule has 35 heavy (non-hydrogen) atoms. The van der Waals surface area contributed by atoms with Crippen LogP contribution in [0.3, 0.4) is 0 Å². The fraction of sp³-hybridized carbons (Fsp3) is 0.741.